The minimum Gasteiger partial charge on any atom is -0.465 e. The lowest BCUT2D eigenvalue weighted by Gasteiger charge is -2.20. The van der Waals surface area contributed by atoms with Crippen molar-refractivity contribution < 1.29 is 14.3 Å². The van der Waals surface area contributed by atoms with Crippen molar-refractivity contribution in [2.24, 2.45) is 11.8 Å². The predicted octanol–water partition coefficient (Wildman–Crippen LogP) is 3.70. The first-order valence-electron chi connectivity index (χ1n) is 8.01. The summed E-state index contributed by atoms with van der Waals surface area (Å²) in [6, 6.07) is 7.56. The van der Waals surface area contributed by atoms with Gasteiger partial charge >= 0.3 is 5.97 Å². The first-order valence-corrected chi connectivity index (χ1v) is 8.81. The van der Waals surface area contributed by atoms with E-state index in [1.807, 2.05) is 24.3 Å². The van der Waals surface area contributed by atoms with E-state index in [1.165, 1.54) is 0 Å². The van der Waals surface area contributed by atoms with Crippen LogP contribution in [0.4, 0.5) is 5.69 Å². The van der Waals surface area contributed by atoms with Gasteiger partial charge in [-0.05, 0) is 53.2 Å². The summed E-state index contributed by atoms with van der Waals surface area (Å²) in [7, 11) is 0. The first-order chi connectivity index (χ1) is 11.1. The maximum Gasteiger partial charge on any atom is 0.311 e. The monoisotopic (exact) mass is 377 g/mol. The number of hydrogen-bond donors (Lipinski definition) is 0. The van der Waals surface area contributed by atoms with E-state index in [0.29, 0.717) is 19.1 Å². The van der Waals surface area contributed by atoms with Gasteiger partial charge in [-0.3, -0.25) is 9.59 Å². The minimum atomic E-state index is -0.367. The molecule has 1 heterocycles. The van der Waals surface area contributed by atoms with Gasteiger partial charge in [-0.25, -0.2) is 0 Å². The van der Waals surface area contributed by atoms with Crippen molar-refractivity contribution in [3.8, 4) is 0 Å². The molecule has 0 N–H and O–H groups in total. The van der Waals surface area contributed by atoms with Crippen LogP contribution in [0.2, 0.25) is 0 Å². The molecule has 1 aliphatic carbocycles. The van der Waals surface area contributed by atoms with Crippen molar-refractivity contribution in [1.29, 1.82) is 0 Å². The molecule has 2 aliphatic rings. The molecule has 1 fully saturated rings. The lowest BCUT2D eigenvalue weighted by atomic mass is 9.95. The smallest absolute Gasteiger partial charge is 0.311 e. The summed E-state index contributed by atoms with van der Waals surface area (Å²) in [6.45, 7) is 0.855. The van der Waals surface area contributed by atoms with E-state index in [9.17, 15) is 9.59 Å². The molecule has 3 rings (SSSR count). The summed E-state index contributed by atoms with van der Waals surface area (Å²) in [4.78, 5) is 26.2. The number of amides is 1. The van der Waals surface area contributed by atoms with Crippen LogP contribution in [-0.4, -0.2) is 25.0 Å². The van der Waals surface area contributed by atoms with E-state index in [4.69, 9.17) is 4.74 Å². The Balaban J connectivity index is 1.57. The second-order valence-electron chi connectivity index (χ2n) is 6.14. The maximum absolute atomic E-state index is 12.3. The Bertz CT molecular complexity index is 628. The van der Waals surface area contributed by atoms with Crippen molar-refractivity contribution in [2.45, 2.75) is 25.7 Å². The number of nitrogens with zero attached hydrogens (tertiary/aromatic N) is 1. The molecular formula is C18H20BrNO3. The zero-order chi connectivity index (χ0) is 16.2. The standard InChI is InChI=1S/C18H20BrNO3/c19-15-8-4-5-9-16(15)20-11-14(10-17(20)21)18(22)23-12-13-6-2-1-3-7-13/h1-2,4-5,8-9,13-14H,3,6-7,10-12H2. The number of carbonyl (C=O) groups excluding carboxylic acids is 2. The number of para-hydroxylation sites is 1. The highest BCUT2D eigenvalue weighted by Crippen LogP contribution is 2.31. The molecule has 1 aromatic carbocycles. The van der Waals surface area contributed by atoms with Gasteiger partial charge in [-0.2, -0.15) is 0 Å². The van der Waals surface area contributed by atoms with Crippen LogP contribution in [0.15, 0.2) is 40.9 Å². The molecular weight excluding hydrogens is 358 g/mol. The van der Waals surface area contributed by atoms with Crippen molar-refractivity contribution in [2.75, 3.05) is 18.1 Å². The second-order valence-corrected chi connectivity index (χ2v) is 6.99. The number of esters is 1. The van der Waals surface area contributed by atoms with Crippen LogP contribution >= 0.6 is 15.9 Å². The number of carbonyl (C=O) groups is 2. The third-order valence-corrected chi connectivity index (χ3v) is 5.11. The fourth-order valence-corrected chi connectivity index (χ4v) is 3.59. The number of allylic oxidation sites excluding steroid dienone is 2. The van der Waals surface area contributed by atoms with Gasteiger partial charge in [0.05, 0.1) is 18.2 Å². The number of ether oxygens (including phenoxy) is 1. The molecule has 2 unspecified atom stereocenters. The maximum atomic E-state index is 12.3. The van der Waals surface area contributed by atoms with Gasteiger partial charge in [0, 0.05) is 17.4 Å². The summed E-state index contributed by atoms with van der Waals surface area (Å²) in [6.07, 6.45) is 7.64. The third kappa shape index (κ3) is 3.83. The zero-order valence-corrected chi connectivity index (χ0v) is 14.5. The Kier molecular flexibility index (Phi) is 5.16. The SMILES string of the molecule is O=C(OCC1CC=CCC1)C1CC(=O)N(c2ccccc2Br)C1. The molecule has 0 radical (unpaired) electrons. The van der Waals surface area contributed by atoms with Gasteiger partial charge in [-0.15, -0.1) is 0 Å². The van der Waals surface area contributed by atoms with Crippen LogP contribution in [0.25, 0.3) is 0 Å². The van der Waals surface area contributed by atoms with Gasteiger partial charge < -0.3 is 9.64 Å². The Morgan fingerprint density at radius 3 is 2.87 bits per heavy atom. The summed E-state index contributed by atoms with van der Waals surface area (Å²) in [5.41, 5.74) is 0.810. The fraction of sp³-hybridized carbons (Fsp3) is 0.444. The summed E-state index contributed by atoms with van der Waals surface area (Å²) in [5, 5.41) is 0. The molecule has 4 nitrogen and oxygen atoms in total. The van der Waals surface area contributed by atoms with Gasteiger partial charge in [0.15, 0.2) is 0 Å². The Morgan fingerprint density at radius 1 is 1.30 bits per heavy atom. The number of halogens is 1. The summed E-state index contributed by atoms with van der Waals surface area (Å²) >= 11 is 3.46. The molecule has 0 spiro atoms. The second kappa shape index (κ2) is 7.30. The van der Waals surface area contributed by atoms with Crippen LogP contribution in [0.5, 0.6) is 0 Å². The molecule has 23 heavy (non-hydrogen) atoms. The Hall–Kier alpha value is -1.62. The average molecular weight is 378 g/mol. The lowest BCUT2D eigenvalue weighted by Crippen LogP contribution is -2.27. The van der Waals surface area contributed by atoms with Gasteiger partial charge in [0.2, 0.25) is 5.91 Å². The molecule has 1 aliphatic heterocycles. The van der Waals surface area contributed by atoms with E-state index in [2.05, 4.69) is 28.1 Å². The molecule has 122 valence electrons. The molecule has 2 atom stereocenters. The normalized spacial score (nSPS) is 24.0. The zero-order valence-electron chi connectivity index (χ0n) is 12.9. The number of rotatable bonds is 4. The molecule has 0 aromatic heterocycles. The number of benzene rings is 1. The van der Waals surface area contributed by atoms with Crippen molar-refractivity contribution >= 4 is 33.5 Å². The van der Waals surface area contributed by atoms with Crippen molar-refractivity contribution in [3.63, 3.8) is 0 Å². The van der Waals surface area contributed by atoms with Crippen LogP contribution in [0, 0.1) is 11.8 Å². The first kappa shape index (κ1) is 16.2. The van der Waals surface area contributed by atoms with Gasteiger partial charge in [0.1, 0.15) is 0 Å². The molecule has 0 saturated carbocycles. The van der Waals surface area contributed by atoms with Gasteiger partial charge in [0.25, 0.3) is 0 Å². The van der Waals surface area contributed by atoms with Crippen LogP contribution in [0.1, 0.15) is 25.7 Å². The predicted molar refractivity (Wildman–Crippen MR) is 92.0 cm³/mol. The molecule has 5 heteroatoms. The highest BCUT2D eigenvalue weighted by atomic mass is 79.9. The van der Waals surface area contributed by atoms with Crippen LogP contribution in [-0.2, 0) is 14.3 Å². The quantitative estimate of drug-likeness (QED) is 0.593. The van der Waals surface area contributed by atoms with E-state index < -0.39 is 0 Å². The van der Waals surface area contributed by atoms with E-state index in [-0.39, 0.29) is 24.2 Å². The highest BCUT2D eigenvalue weighted by molar-refractivity contribution is 9.10. The van der Waals surface area contributed by atoms with Crippen LogP contribution < -0.4 is 4.90 Å². The van der Waals surface area contributed by atoms with Crippen molar-refractivity contribution in [1.82, 2.24) is 0 Å². The number of hydrogen-bond acceptors (Lipinski definition) is 3. The van der Waals surface area contributed by atoms with E-state index in [1.54, 1.807) is 4.90 Å². The van der Waals surface area contributed by atoms with E-state index >= 15 is 0 Å². The summed E-state index contributed by atoms with van der Waals surface area (Å²) in [5.74, 6) is -0.226. The minimum absolute atomic E-state index is 0.0283. The highest BCUT2D eigenvalue weighted by Gasteiger charge is 2.37. The lowest BCUT2D eigenvalue weighted by molar-refractivity contribution is -0.149. The molecule has 1 amide bonds. The molecule has 0 bridgehead atoms. The Morgan fingerprint density at radius 2 is 2.13 bits per heavy atom. The van der Waals surface area contributed by atoms with Crippen LogP contribution in [0.3, 0.4) is 0 Å². The van der Waals surface area contributed by atoms with E-state index in [0.717, 1.165) is 29.4 Å². The van der Waals surface area contributed by atoms with Gasteiger partial charge in [-0.1, -0.05) is 24.3 Å². The molecule has 1 saturated heterocycles. The largest absolute Gasteiger partial charge is 0.465 e. The third-order valence-electron chi connectivity index (χ3n) is 4.44. The topological polar surface area (TPSA) is 46.6 Å². The molecule has 1 aromatic rings. The van der Waals surface area contributed by atoms with Crippen molar-refractivity contribution in [3.05, 3.63) is 40.9 Å². The fourth-order valence-electron chi connectivity index (χ4n) is 3.09. The number of anilines is 1. The Labute approximate surface area is 144 Å². The average Bonchev–Trinajstić information content (AvgIpc) is 2.96. The summed E-state index contributed by atoms with van der Waals surface area (Å²) < 4.78 is 6.32.